The van der Waals surface area contributed by atoms with Gasteiger partial charge in [-0.1, -0.05) is 23.7 Å². The number of nitrogens with zero attached hydrogens (tertiary/aromatic N) is 4. The molecule has 1 aliphatic heterocycles. The zero-order valence-electron chi connectivity index (χ0n) is 15.4. The van der Waals surface area contributed by atoms with Gasteiger partial charge in [-0.25, -0.2) is 0 Å². The predicted octanol–water partition coefficient (Wildman–Crippen LogP) is 0.776. The minimum Gasteiger partial charge on any atom is -0.388 e. The summed E-state index contributed by atoms with van der Waals surface area (Å²) in [5.74, 6) is -0.611. The summed E-state index contributed by atoms with van der Waals surface area (Å²) < 4.78 is 7.82. The van der Waals surface area contributed by atoms with Gasteiger partial charge in [0.25, 0.3) is 11.5 Å². The van der Waals surface area contributed by atoms with Crippen molar-refractivity contribution in [1.82, 2.24) is 24.9 Å². The molecule has 0 aliphatic carbocycles. The molecular weight excluding hydrogens is 398 g/mol. The molecule has 1 fully saturated rings. The molecule has 2 atom stereocenters. The smallest absolute Gasteiger partial charge is 0.284 e. The summed E-state index contributed by atoms with van der Waals surface area (Å²) in [4.78, 5) is 25.8. The van der Waals surface area contributed by atoms with E-state index in [1.807, 2.05) is 0 Å². The van der Waals surface area contributed by atoms with Crippen molar-refractivity contribution in [3.05, 3.63) is 63.7 Å². The van der Waals surface area contributed by atoms with E-state index in [1.165, 1.54) is 16.9 Å². The number of hydrogen-bond acceptors (Lipinski definition) is 6. The summed E-state index contributed by atoms with van der Waals surface area (Å²) in [6, 6.07) is 7.74. The normalized spacial score (nSPS) is 18.7. The number of aromatic nitrogens is 4. The van der Waals surface area contributed by atoms with Crippen LogP contribution in [0.15, 0.2) is 47.5 Å². The first-order valence-corrected chi connectivity index (χ1v) is 9.26. The van der Waals surface area contributed by atoms with E-state index in [-0.39, 0.29) is 18.8 Å². The van der Waals surface area contributed by atoms with Crippen molar-refractivity contribution in [2.24, 2.45) is 7.05 Å². The van der Waals surface area contributed by atoms with Crippen LogP contribution in [-0.4, -0.2) is 55.9 Å². The second kappa shape index (κ2) is 7.78. The van der Waals surface area contributed by atoms with Crippen molar-refractivity contribution in [3.8, 4) is 16.9 Å². The molecule has 0 radical (unpaired) electrons. The highest BCUT2D eigenvalue weighted by Gasteiger charge is 2.29. The summed E-state index contributed by atoms with van der Waals surface area (Å²) in [6.45, 7) is 0.316. The van der Waals surface area contributed by atoms with Crippen LogP contribution < -0.4 is 10.9 Å². The maximum absolute atomic E-state index is 13.0. The van der Waals surface area contributed by atoms with Gasteiger partial charge in [0, 0.05) is 17.6 Å². The molecule has 150 valence electrons. The van der Waals surface area contributed by atoms with Crippen molar-refractivity contribution in [3.63, 3.8) is 0 Å². The molecule has 2 aromatic heterocycles. The SMILES string of the molecule is Cn1cc(-n2nc(-c3ccc(Cl)cc3)cc(C(=O)N[C@@H]3COCC3O)c2=O)cn1. The molecule has 0 bridgehead atoms. The minimum atomic E-state index is -0.822. The zero-order chi connectivity index (χ0) is 20.5. The Morgan fingerprint density at radius 2 is 2.07 bits per heavy atom. The summed E-state index contributed by atoms with van der Waals surface area (Å²) >= 11 is 5.96. The van der Waals surface area contributed by atoms with Gasteiger partial charge in [0.15, 0.2) is 0 Å². The number of halogens is 1. The highest BCUT2D eigenvalue weighted by Crippen LogP contribution is 2.20. The van der Waals surface area contributed by atoms with Crippen LogP contribution in [0.5, 0.6) is 0 Å². The standard InChI is InChI=1S/C19H18ClN5O4/c1-24-8-13(7-21-24)25-19(28)14(18(27)22-16-9-29-10-17(16)26)6-15(23-25)11-2-4-12(20)5-3-11/h2-8,16-17,26H,9-10H2,1H3,(H,22,27)/t16-,17?/m1/s1. The molecule has 10 heteroatoms. The number of aliphatic hydroxyl groups excluding tert-OH is 1. The molecule has 1 unspecified atom stereocenters. The quantitative estimate of drug-likeness (QED) is 0.651. The van der Waals surface area contributed by atoms with Crippen LogP contribution in [0.2, 0.25) is 5.02 Å². The van der Waals surface area contributed by atoms with Crippen molar-refractivity contribution in [2.75, 3.05) is 13.2 Å². The number of carbonyl (C=O) groups excluding carboxylic acids is 1. The van der Waals surface area contributed by atoms with E-state index in [0.29, 0.717) is 22.0 Å². The van der Waals surface area contributed by atoms with E-state index in [1.54, 1.807) is 37.5 Å². The Hall–Kier alpha value is -3.01. The van der Waals surface area contributed by atoms with Crippen LogP contribution in [-0.2, 0) is 11.8 Å². The fourth-order valence-corrected chi connectivity index (χ4v) is 3.16. The Morgan fingerprint density at radius 1 is 1.31 bits per heavy atom. The van der Waals surface area contributed by atoms with Gasteiger partial charge in [0.1, 0.15) is 11.3 Å². The van der Waals surface area contributed by atoms with Crippen LogP contribution in [0.1, 0.15) is 10.4 Å². The second-order valence-electron chi connectivity index (χ2n) is 6.72. The van der Waals surface area contributed by atoms with Gasteiger partial charge in [-0.2, -0.15) is 14.9 Å². The predicted molar refractivity (Wildman–Crippen MR) is 105 cm³/mol. The first-order valence-electron chi connectivity index (χ1n) is 8.88. The highest BCUT2D eigenvalue weighted by atomic mass is 35.5. The maximum atomic E-state index is 13.0. The van der Waals surface area contributed by atoms with Crippen molar-refractivity contribution in [2.45, 2.75) is 12.1 Å². The number of benzene rings is 1. The topological polar surface area (TPSA) is 111 Å². The lowest BCUT2D eigenvalue weighted by molar-refractivity contribution is 0.0884. The average molecular weight is 416 g/mol. The van der Waals surface area contributed by atoms with Crippen LogP contribution in [0.4, 0.5) is 0 Å². The molecule has 1 amide bonds. The van der Waals surface area contributed by atoms with E-state index in [4.69, 9.17) is 16.3 Å². The number of aliphatic hydroxyl groups is 1. The third-order valence-corrected chi connectivity index (χ3v) is 4.85. The van der Waals surface area contributed by atoms with Gasteiger partial charge in [0.05, 0.1) is 43.4 Å². The molecule has 4 rings (SSSR count). The lowest BCUT2D eigenvalue weighted by Gasteiger charge is -2.15. The van der Waals surface area contributed by atoms with Gasteiger partial charge in [0.2, 0.25) is 0 Å². The number of amides is 1. The fourth-order valence-electron chi connectivity index (χ4n) is 3.04. The first-order chi connectivity index (χ1) is 13.9. The van der Waals surface area contributed by atoms with E-state index in [9.17, 15) is 14.7 Å². The van der Waals surface area contributed by atoms with Crippen molar-refractivity contribution in [1.29, 1.82) is 0 Å². The van der Waals surface area contributed by atoms with Gasteiger partial charge in [-0.05, 0) is 18.2 Å². The monoisotopic (exact) mass is 415 g/mol. The highest BCUT2D eigenvalue weighted by molar-refractivity contribution is 6.30. The van der Waals surface area contributed by atoms with Crippen molar-refractivity contribution < 1.29 is 14.6 Å². The third-order valence-electron chi connectivity index (χ3n) is 4.60. The third kappa shape index (κ3) is 3.93. The van der Waals surface area contributed by atoms with E-state index in [0.717, 1.165) is 4.68 Å². The minimum absolute atomic E-state index is 0.104. The lowest BCUT2D eigenvalue weighted by atomic mass is 10.1. The van der Waals surface area contributed by atoms with Gasteiger partial charge < -0.3 is 15.2 Å². The van der Waals surface area contributed by atoms with Gasteiger partial charge in [-0.15, -0.1) is 0 Å². The Kier molecular flexibility index (Phi) is 5.18. The van der Waals surface area contributed by atoms with E-state index >= 15 is 0 Å². The number of hydrogen-bond donors (Lipinski definition) is 2. The Bertz CT molecular complexity index is 1110. The van der Waals surface area contributed by atoms with Crippen molar-refractivity contribution >= 4 is 17.5 Å². The summed E-state index contributed by atoms with van der Waals surface area (Å²) in [6.07, 6.45) is 2.28. The number of carbonyl (C=O) groups is 1. The summed E-state index contributed by atoms with van der Waals surface area (Å²) in [7, 11) is 1.71. The number of rotatable bonds is 4. The number of ether oxygens (including phenoxy) is 1. The lowest BCUT2D eigenvalue weighted by Crippen LogP contribution is -2.44. The molecule has 0 spiro atoms. The average Bonchev–Trinajstić information content (AvgIpc) is 3.31. The molecular formula is C19H18ClN5O4. The molecule has 2 N–H and O–H groups in total. The molecule has 1 saturated heterocycles. The molecule has 1 aliphatic rings. The van der Waals surface area contributed by atoms with Gasteiger partial charge >= 0.3 is 0 Å². The Labute approximate surface area is 170 Å². The van der Waals surface area contributed by atoms with E-state index < -0.39 is 23.6 Å². The van der Waals surface area contributed by atoms with Crippen LogP contribution in [0.25, 0.3) is 16.9 Å². The van der Waals surface area contributed by atoms with Crippen LogP contribution >= 0.6 is 11.6 Å². The largest absolute Gasteiger partial charge is 0.388 e. The maximum Gasteiger partial charge on any atom is 0.284 e. The fraction of sp³-hybridized carbons (Fsp3) is 0.263. The van der Waals surface area contributed by atoms with E-state index in [2.05, 4.69) is 15.5 Å². The van der Waals surface area contributed by atoms with Crippen LogP contribution in [0.3, 0.4) is 0 Å². The molecule has 0 saturated carbocycles. The molecule has 3 aromatic rings. The second-order valence-corrected chi connectivity index (χ2v) is 7.16. The number of nitrogens with one attached hydrogen (secondary N) is 1. The Morgan fingerprint density at radius 3 is 2.69 bits per heavy atom. The number of aryl methyl sites for hydroxylation is 1. The summed E-state index contributed by atoms with van der Waals surface area (Å²) in [5, 5.41) is 21.6. The molecule has 3 heterocycles. The molecule has 1 aromatic carbocycles. The Balaban J connectivity index is 1.80. The van der Waals surface area contributed by atoms with Gasteiger partial charge in [-0.3, -0.25) is 14.3 Å². The molecule has 9 nitrogen and oxygen atoms in total. The van der Waals surface area contributed by atoms with Crippen LogP contribution in [0, 0.1) is 0 Å². The first kappa shape index (κ1) is 19.3. The zero-order valence-corrected chi connectivity index (χ0v) is 16.2. The summed E-state index contributed by atoms with van der Waals surface area (Å²) in [5.41, 5.74) is 0.824. The molecule has 29 heavy (non-hydrogen) atoms.